The van der Waals surface area contributed by atoms with Crippen molar-refractivity contribution in [2.24, 2.45) is 7.05 Å². The number of hydrogen-bond acceptors (Lipinski definition) is 3. The molecular weight excluding hydrogens is 204 g/mol. The van der Waals surface area contributed by atoms with Gasteiger partial charge in [0.05, 0.1) is 6.54 Å². The van der Waals surface area contributed by atoms with E-state index in [2.05, 4.69) is 15.6 Å². The number of nitrogens with zero attached hydrogens (tertiary/aromatic N) is 2. The quantitative estimate of drug-likeness (QED) is 0.767. The Bertz CT molecular complexity index is 361. The monoisotopic (exact) mass is 222 g/mol. The van der Waals surface area contributed by atoms with E-state index in [1.165, 1.54) is 0 Å². The van der Waals surface area contributed by atoms with E-state index in [0.717, 1.165) is 31.8 Å². The summed E-state index contributed by atoms with van der Waals surface area (Å²) in [5.41, 5.74) is 0. The van der Waals surface area contributed by atoms with Crippen molar-refractivity contribution in [1.29, 1.82) is 0 Å². The van der Waals surface area contributed by atoms with Crippen LogP contribution in [0.15, 0.2) is 12.4 Å². The fraction of sp³-hybridized carbons (Fsp3) is 0.636. The summed E-state index contributed by atoms with van der Waals surface area (Å²) in [4.78, 5) is 15.6. The fourth-order valence-electron chi connectivity index (χ4n) is 1.95. The topological polar surface area (TPSA) is 59.0 Å². The number of imidazole rings is 1. The number of amides is 1. The molecule has 1 amide bonds. The molecule has 1 fully saturated rings. The van der Waals surface area contributed by atoms with Crippen LogP contribution < -0.4 is 10.6 Å². The molecule has 1 saturated heterocycles. The second-order valence-electron chi connectivity index (χ2n) is 4.23. The van der Waals surface area contributed by atoms with E-state index in [1.807, 2.05) is 17.8 Å². The number of rotatable bonds is 3. The molecule has 2 rings (SSSR count). The third kappa shape index (κ3) is 2.82. The SMILES string of the molecule is Cn1ccnc1CNC1CCCNC(=O)C1. The maximum atomic E-state index is 11.3. The second-order valence-corrected chi connectivity index (χ2v) is 4.23. The summed E-state index contributed by atoms with van der Waals surface area (Å²) in [7, 11) is 1.98. The van der Waals surface area contributed by atoms with E-state index in [4.69, 9.17) is 0 Å². The highest BCUT2D eigenvalue weighted by atomic mass is 16.1. The molecule has 0 radical (unpaired) electrons. The summed E-state index contributed by atoms with van der Waals surface area (Å²) in [5.74, 6) is 1.15. The number of aryl methyl sites for hydroxylation is 1. The largest absolute Gasteiger partial charge is 0.356 e. The van der Waals surface area contributed by atoms with Gasteiger partial charge in [0, 0.05) is 38.4 Å². The molecule has 5 nitrogen and oxygen atoms in total. The first-order chi connectivity index (χ1) is 7.75. The first kappa shape index (κ1) is 11.1. The molecule has 5 heteroatoms. The molecule has 16 heavy (non-hydrogen) atoms. The van der Waals surface area contributed by atoms with Gasteiger partial charge in [-0.15, -0.1) is 0 Å². The standard InChI is InChI=1S/C11H18N4O/c1-15-6-5-12-10(15)8-14-9-3-2-4-13-11(16)7-9/h5-6,9,14H,2-4,7-8H2,1H3,(H,13,16). The lowest BCUT2D eigenvalue weighted by Crippen LogP contribution is -2.32. The Kier molecular flexibility index (Phi) is 3.56. The lowest BCUT2D eigenvalue weighted by atomic mass is 10.1. The van der Waals surface area contributed by atoms with Crippen LogP contribution in [-0.2, 0) is 18.4 Å². The second kappa shape index (κ2) is 5.12. The predicted octanol–water partition coefficient (Wildman–Crippen LogP) is 0.178. The fourth-order valence-corrected chi connectivity index (χ4v) is 1.95. The first-order valence-corrected chi connectivity index (χ1v) is 5.72. The summed E-state index contributed by atoms with van der Waals surface area (Å²) in [6.45, 7) is 1.53. The highest BCUT2D eigenvalue weighted by molar-refractivity contribution is 5.76. The van der Waals surface area contributed by atoms with Gasteiger partial charge in [0.1, 0.15) is 5.82 Å². The van der Waals surface area contributed by atoms with Gasteiger partial charge in [-0.05, 0) is 12.8 Å². The van der Waals surface area contributed by atoms with Crippen LogP contribution in [0.1, 0.15) is 25.1 Å². The number of hydrogen-bond donors (Lipinski definition) is 2. The predicted molar refractivity (Wildman–Crippen MR) is 60.7 cm³/mol. The lowest BCUT2D eigenvalue weighted by Gasteiger charge is -2.14. The number of nitrogens with one attached hydrogen (secondary N) is 2. The van der Waals surface area contributed by atoms with Crippen LogP contribution in [0.4, 0.5) is 0 Å². The van der Waals surface area contributed by atoms with Crippen LogP contribution in [-0.4, -0.2) is 28.0 Å². The van der Waals surface area contributed by atoms with E-state index < -0.39 is 0 Å². The zero-order valence-corrected chi connectivity index (χ0v) is 9.57. The van der Waals surface area contributed by atoms with E-state index >= 15 is 0 Å². The summed E-state index contributed by atoms with van der Waals surface area (Å²) in [6, 6.07) is 0.277. The molecule has 88 valence electrons. The van der Waals surface area contributed by atoms with Crippen molar-refractivity contribution in [3.8, 4) is 0 Å². The molecule has 1 unspecified atom stereocenters. The Morgan fingerprint density at radius 2 is 2.56 bits per heavy atom. The Hall–Kier alpha value is -1.36. The van der Waals surface area contributed by atoms with Gasteiger partial charge in [-0.1, -0.05) is 0 Å². The van der Waals surface area contributed by atoms with E-state index in [9.17, 15) is 4.79 Å². The van der Waals surface area contributed by atoms with Crippen molar-refractivity contribution in [2.75, 3.05) is 6.54 Å². The van der Waals surface area contributed by atoms with Gasteiger partial charge in [0.2, 0.25) is 5.91 Å². The summed E-state index contributed by atoms with van der Waals surface area (Å²) in [5, 5.41) is 6.27. The molecular formula is C11H18N4O. The minimum absolute atomic E-state index is 0.148. The number of aromatic nitrogens is 2. The Labute approximate surface area is 95.2 Å². The number of carbonyl (C=O) groups is 1. The molecule has 0 spiro atoms. The molecule has 2 heterocycles. The lowest BCUT2D eigenvalue weighted by molar-refractivity contribution is -0.121. The normalized spacial score (nSPS) is 21.6. The van der Waals surface area contributed by atoms with Gasteiger partial charge in [0.15, 0.2) is 0 Å². The average molecular weight is 222 g/mol. The molecule has 1 aliphatic heterocycles. The molecule has 2 N–H and O–H groups in total. The summed E-state index contributed by atoms with van der Waals surface area (Å²) in [6.07, 6.45) is 6.38. The average Bonchev–Trinajstić information content (AvgIpc) is 2.54. The van der Waals surface area contributed by atoms with Crippen molar-refractivity contribution in [3.63, 3.8) is 0 Å². The van der Waals surface area contributed by atoms with Crippen LogP contribution in [0.3, 0.4) is 0 Å². The highest BCUT2D eigenvalue weighted by Crippen LogP contribution is 2.06. The van der Waals surface area contributed by atoms with Crippen molar-refractivity contribution < 1.29 is 4.79 Å². The molecule has 0 aromatic carbocycles. The summed E-state index contributed by atoms with van der Waals surface area (Å²) < 4.78 is 1.99. The zero-order valence-electron chi connectivity index (χ0n) is 9.57. The van der Waals surface area contributed by atoms with Crippen molar-refractivity contribution >= 4 is 5.91 Å². The van der Waals surface area contributed by atoms with Crippen LogP contribution >= 0.6 is 0 Å². The van der Waals surface area contributed by atoms with Crippen LogP contribution in [0.2, 0.25) is 0 Å². The minimum Gasteiger partial charge on any atom is -0.356 e. The molecule has 1 atom stereocenters. The Balaban J connectivity index is 1.85. The van der Waals surface area contributed by atoms with Gasteiger partial charge in [-0.25, -0.2) is 4.98 Å². The third-order valence-corrected chi connectivity index (χ3v) is 2.95. The van der Waals surface area contributed by atoms with E-state index in [0.29, 0.717) is 6.42 Å². The smallest absolute Gasteiger partial charge is 0.221 e. The van der Waals surface area contributed by atoms with Crippen LogP contribution in [0, 0.1) is 0 Å². The molecule has 1 aromatic rings. The Morgan fingerprint density at radius 1 is 1.69 bits per heavy atom. The van der Waals surface area contributed by atoms with Gasteiger partial charge in [0.25, 0.3) is 0 Å². The highest BCUT2D eigenvalue weighted by Gasteiger charge is 2.16. The molecule has 1 aromatic heterocycles. The van der Waals surface area contributed by atoms with Gasteiger partial charge >= 0.3 is 0 Å². The van der Waals surface area contributed by atoms with Gasteiger partial charge in [-0.2, -0.15) is 0 Å². The van der Waals surface area contributed by atoms with Gasteiger partial charge < -0.3 is 15.2 Å². The molecule has 0 saturated carbocycles. The third-order valence-electron chi connectivity index (χ3n) is 2.95. The van der Waals surface area contributed by atoms with Crippen molar-refractivity contribution in [2.45, 2.75) is 31.8 Å². The maximum Gasteiger partial charge on any atom is 0.221 e. The maximum absolute atomic E-state index is 11.3. The van der Waals surface area contributed by atoms with Crippen molar-refractivity contribution in [3.05, 3.63) is 18.2 Å². The molecule has 1 aliphatic rings. The van der Waals surface area contributed by atoms with Crippen LogP contribution in [0.25, 0.3) is 0 Å². The Morgan fingerprint density at radius 3 is 3.31 bits per heavy atom. The van der Waals surface area contributed by atoms with Gasteiger partial charge in [-0.3, -0.25) is 4.79 Å². The van der Waals surface area contributed by atoms with E-state index in [-0.39, 0.29) is 11.9 Å². The van der Waals surface area contributed by atoms with Crippen molar-refractivity contribution in [1.82, 2.24) is 20.2 Å². The number of carbonyl (C=O) groups excluding carboxylic acids is 1. The zero-order chi connectivity index (χ0) is 11.4. The molecule has 0 aliphatic carbocycles. The first-order valence-electron chi connectivity index (χ1n) is 5.72. The molecule has 0 bridgehead atoms. The van der Waals surface area contributed by atoms with E-state index in [1.54, 1.807) is 6.20 Å². The summed E-state index contributed by atoms with van der Waals surface area (Å²) >= 11 is 0. The van der Waals surface area contributed by atoms with Crippen LogP contribution in [0.5, 0.6) is 0 Å². The minimum atomic E-state index is 0.148.